The van der Waals surface area contributed by atoms with E-state index in [9.17, 15) is 19.8 Å². The van der Waals surface area contributed by atoms with Gasteiger partial charge in [-0.15, -0.1) is 0 Å². The van der Waals surface area contributed by atoms with E-state index in [4.69, 9.17) is 23.7 Å². The maximum Gasteiger partial charge on any atom is 0.220 e. The Morgan fingerprint density at radius 2 is 1.09 bits per heavy atom. The number of benzene rings is 2. The van der Waals surface area contributed by atoms with E-state index >= 15 is 0 Å². The first kappa shape index (κ1) is 44.2. The van der Waals surface area contributed by atoms with Crippen LogP contribution in [0.2, 0.25) is 0 Å². The van der Waals surface area contributed by atoms with Crippen LogP contribution >= 0.6 is 0 Å². The molecule has 4 aromatic heterocycles. The molecule has 0 fully saturated rings. The quantitative estimate of drug-likeness (QED) is 0.116. The molecule has 21 heteroatoms. The molecule has 0 spiro atoms. The Hall–Kier alpha value is -7.84. The molecule has 0 saturated carbocycles. The second-order valence-corrected chi connectivity index (χ2v) is 14.4. The molecule has 0 unspecified atom stereocenters. The molecule has 336 valence electrons. The van der Waals surface area contributed by atoms with Gasteiger partial charge in [0.2, 0.25) is 17.6 Å². The highest BCUT2D eigenvalue weighted by Crippen LogP contribution is 2.42. The average molecular weight is 879 g/mol. The van der Waals surface area contributed by atoms with Crippen molar-refractivity contribution in [2.45, 2.75) is 38.5 Å². The molecule has 0 aliphatic carbocycles. The number of H-pyrrole nitrogens is 2. The van der Waals surface area contributed by atoms with Gasteiger partial charge in [-0.1, -0.05) is 0 Å². The van der Waals surface area contributed by atoms with Crippen LogP contribution in [0.1, 0.15) is 49.7 Å². The fourth-order valence-corrected chi connectivity index (χ4v) is 6.87. The van der Waals surface area contributed by atoms with Crippen LogP contribution in [0.25, 0.3) is 22.1 Å². The third kappa shape index (κ3) is 10.8. The van der Waals surface area contributed by atoms with Gasteiger partial charge in [-0.2, -0.15) is 0 Å². The van der Waals surface area contributed by atoms with E-state index in [-0.39, 0.29) is 23.6 Å². The van der Waals surface area contributed by atoms with Crippen LogP contribution in [0, 0.1) is 0 Å². The van der Waals surface area contributed by atoms with Gasteiger partial charge in [0.15, 0.2) is 34.8 Å². The molecule has 8 N–H and O–H groups in total. The van der Waals surface area contributed by atoms with Crippen molar-refractivity contribution in [1.29, 1.82) is 0 Å². The minimum atomic E-state index is -0.0732. The number of fused-ring (bicyclic) bond motifs is 4. The van der Waals surface area contributed by atoms with Crippen molar-refractivity contribution in [2.75, 3.05) is 71.4 Å². The smallest absolute Gasteiger partial charge is 0.220 e. The maximum atomic E-state index is 12.1. The van der Waals surface area contributed by atoms with E-state index in [0.29, 0.717) is 156 Å². The summed E-state index contributed by atoms with van der Waals surface area (Å²) < 4.78 is 28.0. The number of carbonyl (C=O) groups excluding carboxylic acids is 2. The van der Waals surface area contributed by atoms with Crippen LogP contribution in [-0.2, 0) is 9.59 Å². The van der Waals surface area contributed by atoms with Crippen LogP contribution in [0.15, 0.2) is 53.0 Å². The van der Waals surface area contributed by atoms with Gasteiger partial charge in [-0.05, 0) is 37.8 Å². The van der Waals surface area contributed by atoms with Gasteiger partial charge in [0.1, 0.15) is 35.6 Å². The number of ether oxygens (including phenoxy) is 5. The van der Waals surface area contributed by atoms with Crippen molar-refractivity contribution >= 4 is 69.3 Å². The van der Waals surface area contributed by atoms with Crippen LogP contribution in [-0.4, -0.2) is 125 Å². The molecule has 6 aromatic rings. The lowest BCUT2D eigenvalue weighted by Gasteiger charge is -2.15. The fourth-order valence-electron chi connectivity index (χ4n) is 6.87. The summed E-state index contributed by atoms with van der Waals surface area (Å²) in [6.07, 6.45) is 9.22. The lowest BCUT2D eigenvalue weighted by atomic mass is 10.2. The summed E-state index contributed by atoms with van der Waals surface area (Å²) in [7, 11) is 4.62. The third-order valence-electron chi connectivity index (χ3n) is 10.0. The van der Waals surface area contributed by atoms with E-state index < -0.39 is 0 Å². The third-order valence-corrected chi connectivity index (χ3v) is 10.0. The molecule has 21 nitrogen and oxygen atoms in total. The lowest BCUT2D eigenvalue weighted by Crippen LogP contribution is -2.26. The van der Waals surface area contributed by atoms with Gasteiger partial charge in [-0.25, -0.2) is 19.9 Å². The van der Waals surface area contributed by atoms with Crippen molar-refractivity contribution in [3.8, 4) is 40.5 Å². The van der Waals surface area contributed by atoms with Crippen LogP contribution < -0.4 is 45.0 Å². The average Bonchev–Trinajstić information content (AvgIpc) is 3.81. The number of aromatic nitrogens is 6. The molecule has 8 rings (SSSR count). The molecule has 2 aliphatic heterocycles. The number of hydrogen-bond acceptors (Lipinski definition) is 17. The molecule has 64 heavy (non-hydrogen) atoms. The Labute approximate surface area is 367 Å². The number of amides is 2. The Balaban J connectivity index is 0.000000192. The minimum absolute atomic E-state index is 0.0164. The van der Waals surface area contributed by atoms with Crippen molar-refractivity contribution in [2.24, 2.45) is 9.98 Å². The van der Waals surface area contributed by atoms with Gasteiger partial charge in [0, 0.05) is 69.6 Å². The van der Waals surface area contributed by atoms with Gasteiger partial charge in [-0.3, -0.25) is 19.6 Å². The number of hydrogen-bond donors (Lipinski definition) is 8. The second-order valence-electron chi connectivity index (χ2n) is 14.4. The normalized spacial score (nSPS) is 15.2. The van der Waals surface area contributed by atoms with Crippen LogP contribution in [0.5, 0.6) is 40.5 Å². The molecule has 4 bridgehead atoms. The lowest BCUT2D eigenvalue weighted by molar-refractivity contribution is -0.122. The summed E-state index contributed by atoms with van der Waals surface area (Å²) in [5, 5.41) is 34.4. The van der Waals surface area contributed by atoms with Gasteiger partial charge >= 0.3 is 0 Å². The molecular weight excluding hydrogens is 829 g/mol. The predicted octanol–water partition coefficient (Wildman–Crippen LogP) is 5.04. The Morgan fingerprint density at radius 3 is 1.64 bits per heavy atom. The summed E-state index contributed by atoms with van der Waals surface area (Å²) in [6.45, 7) is 2.95. The number of carbonyl (C=O) groups is 2. The van der Waals surface area contributed by atoms with Gasteiger partial charge < -0.3 is 65.1 Å². The molecule has 0 atom stereocenters. The zero-order valence-electron chi connectivity index (χ0n) is 35.6. The van der Waals surface area contributed by atoms with Crippen LogP contribution in [0.4, 0.5) is 23.0 Å². The Morgan fingerprint density at radius 1 is 0.578 bits per heavy atom. The largest absolute Gasteiger partial charge is 0.494 e. The number of aliphatic imine (C=N–C) groups is 2. The topological polar surface area (TPSA) is 277 Å². The van der Waals surface area contributed by atoms with Crippen molar-refractivity contribution in [1.82, 2.24) is 40.5 Å². The summed E-state index contributed by atoms with van der Waals surface area (Å²) in [5.74, 6) is 3.40. The first-order chi connectivity index (χ1) is 31.3. The monoisotopic (exact) mass is 878 g/mol. The van der Waals surface area contributed by atoms with Crippen molar-refractivity contribution < 1.29 is 43.5 Å². The van der Waals surface area contributed by atoms with Crippen molar-refractivity contribution in [3.63, 3.8) is 0 Å². The molecule has 2 aliphatic rings. The first-order valence-corrected chi connectivity index (χ1v) is 20.7. The number of anilines is 2. The second kappa shape index (κ2) is 21.3. The number of nitrogens with one attached hydrogen (secondary N) is 6. The fraction of sp³-hybridized carbons (Fsp3) is 0.349. The Bertz CT molecular complexity index is 2650. The standard InChI is InChI=1S/C22H26N6O5.C21H24N6O4/c1-31-15-9-13-10-16(19(15)32-2)33-8-3-5-17(29)23-6-4-7-24-20-18-14(11-25-13)22(30)28-21(18)27-12-26-20;1-30-15-6-5-13-10-16(15)31-9-2-4-17(28)22-7-3-8-23-19-18-14(11-24-13)21(29)27-20(18)26-12-25-19/h9-12,30H,3-8H2,1-2H3,(H,23,29)(H2,24,26,27,28);5-6,10-12,29H,2-4,7-9H2,1H3,(H,22,28)(H2,23,25,26,27). The number of rotatable bonds is 3. The van der Waals surface area contributed by atoms with E-state index in [2.05, 4.69) is 61.2 Å². The predicted molar refractivity (Wildman–Crippen MR) is 240 cm³/mol. The zero-order chi connectivity index (χ0) is 44.8. The Kier molecular flexibility index (Phi) is 14.7. The molecular formula is C43H50N12O9. The SMILES string of the molecule is COc1cc2cc(c1OC)OCCCC(=O)NCCCNc1ncnc3[nH]c(O)c(c13)C=N2.COc1ccc2cc1OCCCC(=O)NCCCNc1ncnc3[nH]c(O)c(c13)C=N2. The van der Waals surface area contributed by atoms with E-state index in [1.54, 1.807) is 43.7 Å². The maximum absolute atomic E-state index is 12.1. The molecule has 2 amide bonds. The number of nitrogens with zero attached hydrogens (tertiary/aromatic N) is 6. The van der Waals surface area contributed by atoms with Gasteiger partial charge in [0.25, 0.3) is 0 Å². The minimum Gasteiger partial charge on any atom is -0.494 e. The van der Waals surface area contributed by atoms with E-state index in [1.165, 1.54) is 33.1 Å². The highest BCUT2D eigenvalue weighted by molar-refractivity contribution is 6.07. The highest BCUT2D eigenvalue weighted by atomic mass is 16.5. The van der Waals surface area contributed by atoms with E-state index in [0.717, 1.165) is 6.42 Å². The highest BCUT2D eigenvalue weighted by Gasteiger charge is 2.19. The first-order valence-electron chi connectivity index (χ1n) is 20.7. The summed E-state index contributed by atoms with van der Waals surface area (Å²) in [6, 6.07) is 8.71. The van der Waals surface area contributed by atoms with Crippen molar-refractivity contribution in [3.05, 3.63) is 54.1 Å². The number of methoxy groups -OCH3 is 3. The molecule has 0 radical (unpaired) electrons. The molecule has 0 saturated heterocycles. The molecule has 6 heterocycles. The summed E-state index contributed by atoms with van der Waals surface area (Å²) in [5.41, 5.74) is 3.05. The van der Waals surface area contributed by atoms with Crippen LogP contribution in [0.3, 0.4) is 0 Å². The van der Waals surface area contributed by atoms with Gasteiger partial charge in [0.05, 0.1) is 67.8 Å². The van der Waals surface area contributed by atoms with E-state index in [1.807, 2.05) is 0 Å². The zero-order valence-corrected chi connectivity index (χ0v) is 35.6. The number of aromatic hydroxyl groups is 2. The summed E-state index contributed by atoms with van der Waals surface area (Å²) >= 11 is 0. The number of aromatic amines is 2. The molecule has 2 aromatic carbocycles. The summed E-state index contributed by atoms with van der Waals surface area (Å²) in [4.78, 5) is 55.8.